The normalized spacial score (nSPS) is 13.7. The molecule has 0 bridgehead atoms. The Labute approximate surface area is 125 Å². The molecule has 1 N–H and O–H groups in total. The third kappa shape index (κ3) is 4.63. The first-order valence-corrected chi connectivity index (χ1v) is 8.60. The Hall–Kier alpha value is -0.290. The summed E-state index contributed by atoms with van der Waals surface area (Å²) in [6.07, 6.45) is 1.86. The van der Waals surface area contributed by atoms with Gasteiger partial charge in [0, 0.05) is 11.9 Å². The average Bonchev–Trinajstić information content (AvgIpc) is 2.38. The van der Waals surface area contributed by atoms with E-state index >= 15 is 0 Å². The molecule has 0 spiro atoms. The fourth-order valence-corrected chi connectivity index (χ4v) is 4.00. The first-order valence-electron chi connectivity index (χ1n) is 6.30. The van der Waals surface area contributed by atoms with Crippen LogP contribution in [-0.2, 0) is 10.0 Å². The van der Waals surface area contributed by atoms with E-state index in [0.717, 1.165) is 12.8 Å². The fourth-order valence-electron chi connectivity index (χ4n) is 1.90. The van der Waals surface area contributed by atoms with E-state index in [1.54, 1.807) is 18.2 Å². The summed E-state index contributed by atoms with van der Waals surface area (Å²) in [6, 6.07) is 6.36. The minimum atomic E-state index is -3.60. The zero-order valence-electron chi connectivity index (χ0n) is 11.1. The third-order valence-electron chi connectivity index (χ3n) is 3.15. The molecule has 1 aromatic carbocycles. The van der Waals surface area contributed by atoms with Gasteiger partial charge < -0.3 is 0 Å². The van der Waals surface area contributed by atoms with Crippen LogP contribution in [0.5, 0.6) is 0 Å². The first-order chi connectivity index (χ1) is 8.92. The maximum Gasteiger partial charge on any atom is 0.242 e. The molecule has 0 heterocycles. The van der Waals surface area contributed by atoms with Gasteiger partial charge in [0.05, 0.1) is 5.02 Å². The Morgan fingerprint density at radius 3 is 2.32 bits per heavy atom. The van der Waals surface area contributed by atoms with E-state index in [0.29, 0.717) is 5.92 Å². The number of nitrogens with one attached hydrogen (secondary N) is 1. The molecular formula is C13H19Cl2NO2S. The van der Waals surface area contributed by atoms with Crippen molar-refractivity contribution in [3.8, 4) is 0 Å². The lowest BCUT2D eigenvalue weighted by Gasteiger charge is -2.19. The molecule has 0 aliphatic carbocycles. The second kappa shape index (κ2) is 7.48. The van der Waals surface area contributed by atoms with Gasteiger partial charge in [-0.15, -0.1) is 11.6 Å². The van der Waals surface area contributed by atoms with Crippen LogP contribution in [0.3, 0.4) is 0 Å². The summed E-state index contributed by atoms with van der Waals surface area (Å²) in [4.78, 5) is 0.0880. The van der Waals surface area contributed by atoms with E-state index in [9.17, 15) is 8.42 Å². The molecule has 1 unspecified atom stereocenters. The molecule has 0 amide bonds. The topological polar surface area (TPSA) is 46.2 Å². The smallest absolute Gasteiger partial charge is 0.210 e. The van der Waals surface area contributed by atoms with Crippen molar-refractivity contribution < 1.29 is 8.42 Å². The number of halogens is 2. The van der Waals surface area contributed by atoms with Gasteiger partial charge in [-0.3, -0.25) is 0 Å². The summed E-state index contributed by atoms with van der Waals surface area (Å²) in [5, 5.41) is -0.00378. The summed E-state index contributed by atoms with van der Waals surface area (Å²) >= 11 is 12.1. The number of alkyl halides is 1. The van der Waals surface area contributed by atoms with Crippen molar-refractivity contribution in [2.45, 2.75) is 37.0 Å². The van der Waals surface area contributed by atoms with E-state index in [1.165, 1.54) is 6.07 Å². The lowest BCUT2D eigenvalue weighted by Crippen LogP contribution is -2.33. The highest BCUT2D eigenvalue weighted by molar-refractivity contribution is 7.89. The highest BCUT2D eigenvalue weighted by Gasteiger charge is 2.21. The molecule has 0 radical (unpaired) electrons. The van der Waals surface area contributed by atoms with Crippen molar-refractivity contribution >= 4 is 33.2 Å². The predicted octanol–water partition coefficient (Wildman–Crippen LogP) is 3.66. The third-order valence-corrected chi connectivity index (χ3v) is 5.59. The molecule has 3 nitrogen and oxygen atoms in total. The standard InChI is InChI=1S/C13H19Cl2NO2S/c1-3-10(4-2)12(15)9-16-19(17,18)13-8-6-5-7-11(13)14/h5-8,10,12,16H,3-4,9H2,1-2H3. The molecule has 1 rings (SSSR count). The second-order valence-electron chi connectivity index (χ2n) is 4.37. The van der Waals surface area contributed by atoms with E-state index < -0.39 is 10.0 Å². The lowest BCUT2D eigenvalue weighted by atomic mass is 9.99. The molecule has 0 saturated carbocycles. The Bertz CT molecular complexity index is 501. The number of sulfonamides is 1. The van der Waals surface area contributed by atoms with Gasteiger partial charge >= 0.3 is 0 Å². The minimum absolute atomic E-state index is 0.0880. The van der Waals surface area contributed by atoms with E-state index in [-0.39, 0.29) is 21.8 Å². The van der Waals surface area contributed by atoms with E-state index in [1.807, 2.05) is 13.8 Å². The summed E-state index contributed by atoms with van der Waals surface area (Å²) in [5.74, 6) is 0.301. The Balaban J connectivity index is 2.74. The Kier molecular flexibility index (Phi) is 6.60. The molecular weight excluding hydrogens is 305 g/mol. The van der Waals surface area contributed by atoms with Crippen LogP contribution in [0.2, 0.25) is 5.02 Å². The van der Waals surface area contributed by atoms with Crippen LogP contribution >= 0.6 is 23.2 Å². The number of hydrogen-bond donors (Lipinski definition) is 1. The van der Waals surface area contributed by atoms with Gasteiger partial charge in [-0.1, -0.05) is 50.4 Å². The molecule has 0 fully saturated rings. The van der Waals surface area contributed by atoms with Crippen molar-refractivity contribution in [2.75, 3.05) is 6.54 Å². The largest absolute Gasteiger partial charge is 0.242 e. The van der Waals surface area contributed by atoms with Crippen LogP contribution in [0, 0.1) is 5.92 Å². The van der Waals surface area contributed by atoms with Crippen LogP contribution in [-0.4, -0.2) is 20.3 Å². The highest BCUT2D eigenvalue weighted by atomic mass is 35.5. The predicted molar refractivity (Wildman–Crippen MR) is 80.4 cm³/mol. The molecule has 0 aliphatic rings. The Morgan fingerprint density at radius 1 is 1.21 bits per heavy atom. The van der Waals surface area contributed by atoms with E-state index in [2.05, 4.69) is 4.72 Å². The monoisotopic (exact) mass is 323 g/mol. The molecule has 1 atom stereocenters. The Morgan fingerprint density at radius 2 is 1.79 bits per heavy atom. The van der Waals surface area contributed by atoms with Crippen LogP contribution in [0.15, 0.2) is 29.2 Å². The van der Waals surface area contributed by atoms with Gasteiger partial charge in [0.25, 0.3) is 0 Å². The summed E-state index contributed by atoms with van der Waals surface area (Å²) < 4.78 is 26.7. The zero-order chi connectivity index (χ0) is 14.5. The number of hydrogen-bond acceptors (Lipinski definition) is 2. The van der Waals surface area contributed by atoms with Crippen LogP contribution < -0.4 is 4.72 Å². The summed E-state index contributed by atoms with van der Waals surface area (Å²) in [6.45, 7) is 4.31. The van der Waals surface area contributed by atoms with Gasteiger partial charge in [0.1, 0.15) is 4.90 Å². The molecule has 108 valence electrons. The number of rotatable bonds is 7. The average molecular weight is 324 g/mol. The molecule has 19 heavy (non-hydrogen) atoms. The van der Waals surface area contributed by atoms with Crippen LogP contribution in [0.1, 0.15) is 26.7 Å². The van der Waals surface area contributed by atoms with Crippen molar-refractivity contribution in [2.24, 2.45) is 5.92 Å². The lowest BCUT2D eigenvalue weighted by molar-refractivity contribution is 0.460. The first kappa shape index (κ1) is 16.8. The quantitative estimate of drug-likeness (QED) is 0.778. The molecule has 0 aliphatic heterocycles. The number of benzene rings is 1. The second-order valence-corrected chi connectivity index (χ2v) is 7.08. The van der Waals surface area contributed by atoms with Crippen molar-refractivity contribution in [3.63, 3.8) is 0 Å². The molecule has 6 heteroatoms. The van der Waals surface area contributed by atoms with Gasteiger partial charge in [0.15, 0.2) is 0 Å². The van der Waals surface area contributed by atoms with Gasteiger partial charge in [0.2, 0.25) is 10.0 Å². The molecule has 0 aromatic heterocycles. The maximum absolute atomic E-state index is 12.1. The molecule has 0 saturated heterocycles. The van der Waals surface area contributed by atoms with Gasteiger partial charge in [-0.2, -0.15) is 0 Å². The van der Waals surface area contributed by atoms with Crippen molar-refractivity contribution in [3.05, 3.63) is 29.3 Å². The van der Waals surface area contributed by atoms with Crippen molar-refractivity contribution in [1.29, 1.82) is 0 Å². The highest BCUT2D eigenvalue weighted by Crippen LogP contribution is 2.22. The van der Waals surface area contributed by atoms with Crippen LogP contribution in [0.4, 0.5) is 0 Å². The van der Waals surface area contributed by atoms with E-state index in [4.69, 9.17) is 23.2 Å². The van der Waals surface area contributed by atoms with Gasteiger partial charge in [-0.25, -0.2) is 13.1 Å². The minimum Gasteiger partial charge on any atom is -0.210 e. The zero-order valence-corrected chi connectivity index (χ0v) is 13.4. The molecule has 1 aromatic rings. The summed E-state index contributed by atoms with van der Waals surface area (Å²) in [7, 11) is -3.60. The summed E-state index contributed by atoms with van der Waals surface area (Å²) in [5.41, 5.74) is 0. The maximum atomic E-state index is 12.1. The van der Waals surface area contributed by atoms with Crippen LogP contribution in [0.25, 0.3) is 0 Å². The van der Waals surface area contributed by atoms with Gasteiger partial charge in [-0.05, 0) is 18.1 Å². The van der Waals surface area contributed by atoms with Crippen molar-refractivity contribution in [1.82, 2.24) is 4.72 Å². The SMILES string of the molecule is CCC(CC)C(Cl)CNS(=O)(=O)c1ccccc1Cl. The fraction of sp³-hybridized carbons (Fsp3) is 0.538.